The molecule has 28 heavy (non-hydrogen) atoms. The molecule has 0 amide bonds. The topological polar surface area (TPSA) is 92.7 Å². The Balaban J connectivity index is 1.45. The van der Waals surface area contributed by atoms with Crippen LogP contribution in [-0.2, 0) is 10.0 Å². The van der Waals surface area contributed by atoms with Crippen LogP contribution in [0.2, 0.25) is 0 Å². The van der Waals surface area contributed by atoms with Crippen molar-refractivity contribution in [1.82, 2.24) is 19.4 Å². The average molecular weight is 409 g/mol. The van der Waals surface area contributed by atoms with Crippen molar-refractivity contribution in [2.24, 2.45) is 5.92 Å². The number of hydrogen-bond donors (Lipinski definition) is 0. The molecule has 8 nitrogen and oxygen atoms in total. The van der Waals surface area contributed by atoms with Crippen LogP contribution in [0.25, 0.3) is 11.5 Å². The number of hydrogen-bond acceptors (Lipinski definition) is 7. The molecule has 0 unspecified atom stereocenters. The molecule has 2 fully saturated rings. The average Bonchev–Trinajstić information content (AvgIpc) is 3.40. The second kappa shape index (κ2) is 7.96. The van der Waals surface area contributed by atoms with E-state index in [0.29, 0.717) is 42.3 Å². The maximum atomic E-state index is 12.9. The van der Waals surface area contributed by atoms with Crippen LogP contribution in [0.3, 0.4) is 0 Å². The smallest absolute Gasteiger partial charge is 0.276 e. The van der Waals surface area contributed by atoms with Crippen molar-refractivity contribution in [2.75, 3.05) is 32.7 Å². The first kappa shape index (κ1) is 19.6. The van der Waals surface area contributed by atoms with Crippen LogP contribution in [0.15, 0.2) is 26.3 Å². The lowest BCUT2D eigenvalue weighted by Gasteiger charge is -2.34. The second-order valence-electron chi connectivity index (χ2n) is 8.18. The summed E-state index contributed by atoms with van der Waals surface area (Å²) in [7, 11) is -3.66. The normalized spacial score (nSPS) is 20.4. The summed E-state index contributed by atoms with van der Waals surface area (Å²) in [5, 5.41) is 8.16. The molecule has 0 N–H and O–H groups in total. The van der Waals surface area contributed by atoms with E-state index in [2.05, 4.69) is 28.9 Å². The van der Waals surface area contributed by atoms with Gasteiger partial charge in [-0.2, -0.15) is 4.31 Å². The van der Waals surface area contributed by atoms with Crippen molar-refractivity contribution in [3.63, 3.8) is 0 Å². The van der Waals surface area contributed by atoms with E-state index in [0.717, 1.165) is 32.5 Å². The Morgan fingerprint density at radius 2 is 1.86 bits per heavy atom. The highest BCUT2D eigenvalue weighted by molar-refractivity contribution is 7.89. The molecule has 2 aromatic heterocycles. The zero-order valence-corrected chi connectivity index (χ0v) is 17.3. The van der Waals surface area contributed by atoms with Gasteiger partial charge in [0.25, 0.3) is 15.9 Å². The van der Waals surface area contributed by atoms with Gasteiger partial charge in [0.05, 0.1) is 5.56 Å². The van der Waals surface area contributed by atoms with E-state index in [1.165, 1.54) is 29.5 Å². The van der Waals surface area contributed by atoms with Crippen LogP contribution in [-0.4, -0.2) is 60.5 Å². The van der Waals surface area contributed by atoms with Gasteiger partial charge in [-0.1, -0.05) is 26.7 Å². The first-order valence-corrected chi connectivity index (χ1v) is 11.5. The summed E-state index contributed by atoms with van der Waals surface area (Å²) < 4.78 is 38.5. The number of sulfonamides is 1. The number of piperazine rings is 1. The van der Waals surface area contributed by atoms with Gasteiger partial charge in [0.1, 0.15) is 6.26 Å². The molecule has 1 saturated carbocycles. The fourth-order valence-electron chi connectivity index (χ4n) is 4.05. The molecule has 3 heterocycles. The Kier molecular flexibility index (Phi) is 5.57. The summed E-state index contributed by atoms with van der Waals surface area (Å²) in [4.78, 5) is 2.30. The summed E-state index contributed by atoms with van der Waals surface area (Å²) in [6.45, 7) is 7.74. The van der Waals surface area contributed by atoms with Crippen LogP contribution >= 0.6 is 0 Å². The maximum absolute atomic E-state index is 12.9. The van der Waals surface area contributed by atoms with E-state index in [1.807, 2.05) is 0 Å². The third-order valence-corrected chi connectivity index (χ3v) is 7.28. The third-order valence-electron chi connectivity index (χ3n) is 5.52. The van der Waals surface area contributed by atoms with Crippen molar-refractivity contribution < 1.29 is 17.3 Å². The fraction of sp³-hybridized carbons (Fsp3) is 0.684. The Morgan fingerprint density at radius 3 is 2.54 bits per heavy atom. The van der Waals surface area contributed by atoms with Gasteiger partial charge in [-0.15, -0.1) is 10.2 Å². The van der Waals surface area contributed by atoms with Crippen molar-refractivity contribution in [3.8, 4) is 11.5 Å². The largest absolute Gasteiger partial charge is 0.451 e. The Labute approximate surface area is 165 Å². The molecule has 4 rings (SSSR count). The van der Waals surface area contributed by atoms with E-state index >= 15 is 0 Å². The predicted molar refractivity (Wildman–Crippen MR) is 103 cm³/mol. The van der Waals surface area contributed by atoms with Gasteiger partial charge < -0.3 is 13.7 Å². The number of nitrogens with zero attached hydrogens (tertiary/aromatic N) is 4. The van der Waals surface area contributed by atoms with Gasteiger partial charge in [-0.25, -0.2) is 8.42 Å². The molecule has 2 aromatic rings. The quantitative estimate of drug-likeness (QED) is 0.725. The highest BCUT2D eigenvalue weighted by Crippen LogP contribution is 2.35. The minimum Gasteiger partial charge on any atom is -0.451 e. The van der Waals surface area contributed by atoms with Gasteiger partial charge >= 0.3 is 0 Å². The van der Waals surface area contributed by atoms with Crippen molar-refractivity contribution in [2.45, 2.75) is 50.5 Å². The number of aromatic nitrogens is 2. The van der Waals surface area contributed by atoms with Gasteiger partial charge in [0.15, 0.2) is 0 Å². The van der Waals surface area contributed by atoms with Crippen molar-refractivity contribution in [3.05, 3.63) is 18.2 Å². The summed E-state index contributed by atoms with van der Waals surface area (Å²) in [6, 6.07) is 1.49. The van der Waals surface area contributed by atoms with Crippen LogP contribution in [0.5, 0.6) is 0 Å². The first-order valence-electron chi connectivity index (χ1n) is 10.1. The summed E-state index contributed by atoms with van der Waals surface area (Å²) in [5.41, 5.74) is 0.508. The van der Waals surface area contributed by atoms with Crippen molar-refractivity contribution in [1.29, 1.82) is 0 Å². The molecule has 1 aliphatic heterocycles. The highest BCUT2D eigenvalue weighted by atomic mass is 32.2. The van der Waals surface area contributed by atoms with Crippen LogP contribution < -0.4 is 0 Å². The predicted octanol–water partition coefficient (Wildman–Crippen LogP) is 2.95. The van der Waals surface area contributed by atoms with E-state index in [-0.39, 0.29) is 5.09 Å². The van der Waals surface area contributed by atoms with E-state index in [1.54, 1.807) is 0 Å². The second-order valence-corrected chi connectivity index (χ2v) is 10.0. The summed E-state index contributed by atoms with van der Waals surface area (Å²) in [5.74, 6) is 1.84. The molecule has 1 saturated heterocycles. The lowest BCUT2D eigenvalue weighted by molar-refractivity contribution is 0.171. The molecular formula is C19H28N4O4S. The van der Waals surface area contributed by atoms with Crippen LogP contribution in [0.1, 0.15) is 51.3 Å². The molecule has 2 aliphatic rings. The molecule has 0 atom stereocenters. The summed E-state index contributed by atoms with van der Waals surface area (Å²) in [6.07, 6.45) is 5.88. The first-order chi connectivity index (χ1) is 13.4. The van der Waals surface area contributed by atoms with Gasteiger partial charge in [-0.3, -0.25) is 0 Å². The molecule has 0 aromatic carbocycles. The van der Waals surface area contributed by atoms with Crippen LogP contribution in [0, 0.1) is 5.92 Å². The minimum absolute atomic E-state index is 0.0691. The molecule has 0 radical (unpaired) electrons. The Morgan fingerprint density at radius 1 is 1.14 bits per heavy atom. The van der Waals surface area contributed by atoms with Crippen molar-refractivity contribution >= 4 is 10.0 Å². The highest BCUT2D eigenvalue weighted by Gasteiger charge is 2.32. The maximum Gasteiger partial charge on any atom is 0.276 e. The summed E-state index contributed by atoms with van der Waals surface area (Å²) >= 11 is 0. The molecular weight excluding hydrogens is 380 g/mol. The minimum atomic E-state index is -3.66. The number of rotatable bonds is 6. The zero-order chi connectivity index (χ0) is 19.7. The Bertz CT molecular complexity index is 891. The molecule has 0 spiro atoms. The van der Waals surface area contributed by atoms with Gasteiger partial charge in [-0.05, 0) is 18.8 Å². The fourth-order valence-corrected chi connectivity index (χ4v) is 5.39. The molecule has 9 heteroatoms. The van der Waals surface area contributed by atoms with Crippen LogP contribution in [0.4, 0.5) is 0 Å². The number of furan rings is 1. The van der Waals surface area contributed by atoms with E-state index in [9.17, 15) is 8.42 Å². The van der Waals surface area contributed by atoms with E-state index in [4.69, 9.17) is 8.83 Å². The standard InChI is InChI=1S/C19H28N4O4S/c1-14(2)12-22-7-9-23(10-8-22)28(24,25)17-11-16(13-26-17)19-21-20-18(27-19)15-5-3-4-6-15/h11,13-15H,3-10,12H2,1-2H3. The van der Waals surface area contributed by atoms with Gasteiger partial charge in [0, 0.05) is 44.7 Å². The lowest BCUT2D eigenvalue weighted by Crippen LogP contribution is -2.49. The molecule has 1 aliphatic carbocycles. The monoisotopic (exact) mass is 408 g/mol. The lowest BCUT2D eigenvalue weighted by atomic mass is 10.1. The molecule has 0 bridgehead atoms. The Hall–Kier alpha value is -1.71. The SMILES string of the molecule is CC(C)CN1CCN(S(=O)(=O)c2cc(-c3nnc(C4CCCC4)o3)co2)CC1. The van der Waals surface area contributed by atoms with Gasteiger partial charge in [0.2, 0.25) is 11.0 Å². The zero-order valence-electron chi connectivity index (χ0n) is 16.5. The van der Waals surface area contributed by atoms with E-state index < -0.39 is 10.0 Å². The molecule has 154 valence electrons. The third kappa shape index (κ3) is 4.01.